The van der Waals surface area contributed by atoms with Crippen LogP contribution in [0.25, 0.3) is 84.5 Å². The Morgan fingerprint density at radius 3 is 0.949 bits per heavy atom. The predicted octanol–water partition coefficient (Wildman–Crippen LogP) is 17.4. The molecule has 38 heteroatoms. The van der Waals surface area contributed by atoms with Gasteiger partial charge in [0.25, 0.3) is 0 Å². The van der Waals surface area contributed by atoms with Gasteiger partial charge in [-0.25, -0.2) is 29.7 Å². The van der Waals surface area contributed by atoms with E-state index in [1.807, 2.05) is 146 Å². The third kappa shape index (κ3) is 21.8. The van der Waals surface area contributed by atoms with Gasteiger partial charge in [0.1, 0.15) is 29.1 Å². The number of rotatable bonds is 21. The molecular formula is C79H76Br5Cl5N22O6. The number of aromatic nitrogens is 15. The van der Waals surface area contributed by atoms with Crippen LogP contribution in [-0.2, 0) is 0 Å². The summed E-state index contributed by atoms with van der Waals surface area (Å²) in [6.07, 6.45) is 8.49. The van der Waals surface area contributed by atoms with Crippen LogP contribution in [0.1, 0.15) is 33.6 Å². The van der Waals surface area contributed by atoms with Crippen LogP contribution in [0.15, 0.2) is 205 Å². The molecule has 12 N–H and O–H groups in total. The van der Waals surface area contributed by atoms with Gasteiger partial charge in [-0.05, 0) is 150 Å². The number of piperidine rings is 1. The van der Waals surface area contributed by atoms with Gasteiger partial charge in [0, 0.05) is 129 Å². The number of aliphatic hydroxyl groups excluding tert-OH is 5. The normalized spacial score (nSPS) is 13.2. The number of urea groups is 1. The first-order valence-electron chi connectivity index (χ1n) is 36.3. The van der Waals surface area contributed by atoms with Gasteiger partial charge in [0.05, 0.1) is 113 Å². The van der Waals surface area contributed by atoms with E-state index >= 15 is 0 Å². The zero-order valence-corrected chi connectivity index (χ0v) is 74.1. The van der Waals surface area contributed by atoms with Gasteiger partial charge in [-0.2, -0.15) is 48.1 Å². The number of aliphatic hydroxyl groups is 5. The largest absolute Gasteiger partial charge is 0.394 e. The topological polar surface area (TPSA) is 359 Å². The van der Waals surface area contributed by atoms with Gasteiger partial charge in [-0.1, -0.05) is 149 Å². The Kier molecular flexibility index (Phi) is 30.4. The molecule has 4 atom stereocenters. The zero-order chi connectivity index (χ0) is 83.1. The number of amides is 2. The van der Waals surface area contributed by atoms with E-state index in [0.717, 1.165) is 121 Å². The number of anilines is 5. The molecule has 5 aromatic carbocycles. The summed E-state index contributed by atoms with van der Waals surface area (Å²) in [6.45, 7) is 8.24. The lowest BCUT2D eigenvalue weighted by molar-refractivity contribution is 0.105. The molecule has 28 nitrogen and oxygen atoms in total. The highest BCUT2D eigenvalue weighted by atomic mass is 79.9. The standard InChI is InChI=1S/C19H20BrClN6O.C15H14BrClN4O2.3C15H14BrClN4O/c20-14-11-24-27-17(23-10-12-5-7-26(8-6-12)19(22)28)9-16(25-18(14)27)13-3-1-2-4-15(13)21;16-11-7-19-21-14(18-6-9(23)8-22)5-13(20-15(11)21)10-3-1-2-4-12(10)17;1-9(8-22)19-14-6-13(10-4-2-3-5-12(10)17)20-15-11(16)7-18-21(14)15;2*1-9(22)7-18-14-6-13(10-4-2-3-5-12(10)17)20-15-11(16)8-19-21(14)15/h1-4,9,11-12,23H,5-8,10H2,(H2,22,28);1-5,7,9,18,22-23H,6,8H2;2-7,9,19,22H,8H2,1H3;2*2-6,8-9,18,22H,7H2,1H3/t;4*9-/m.0110/s1. The van der Waals surface area contributed by atoms with Gasteiger partial charge < -0.3 is 62.8 Å². The molecule has 0 radical (unpaired) electrons. The van der Waals surface area contributed by atoms with Crippen LogP contribution in [0.3, 0.4) is 0 Å². The van der Waals surface area contributed by atoms with E-state index in [0.29, 0.717) is 91.3 Å². The van der Waals surface area contributed by atoms with Gasteiger partial charge in [0.15, 0.2) is 28.2 Å². The Hall–Kier alpha value is -8.88. The monoisotopic (exact) mass is 2000 g/mol. The van der Waals surface area contributed by atoms with E-state index in [2.05, 4.69) is 152 Å². The highest BCUT2D eigenvalue weighted by Crippen LogP contribution is 2.37. The van der Waals surface area contributed by atoms with Crippen molar-refractivity contribution in [3.63, 3.8) is 0 Å². The summed E-state index contributed by atoms with van der Waals surface area (Å²) in [6, 6.07) is 46.7. The van der Waals surface area contributed by atoms with Gasteiger partial charge >= 0.3 is 6.03 Å². The molecule has 1 aliphatic heterocycles. The van der Waals surface area contributed by atoms with Crippen molar-refractivity contribution >= 4 is 201 Å². The van der Waals surface area contributed by atoms with Crippen LogP contribution >= 0.6 is 138 Å². The molecule has 1 saturated heterocycles. The fraction of sp³-hybridized carbons (Fsp3) is 0.228. The SMILES string of the molecule is C[C@@H](O)CNc1cc(-c2ccccc2Cl)nc2c(Br)cnn12.C[C@H](CO)Nc1cc(-c2ccccc2Cl)nc2c(Br)cnn12.C[C@H](O)CNc1cc(-c2ccccc2Cl)nc2c(Br)cnn12.NC(=O)N1CCC(CNc2cc(-c3ccccc3Cl)nc3c(Br)cnn23)CC1.OC[C@@H](O)CNc1cc(-c2ccccc2Cl)nc2c(Br)cnn12. The van der Waals surface area contributed by atoms with E-state index in [4.69, 9.17) is 73.8 Å². The van der Waals surface area contributed by atoms with Gasteiger partial charge in [-0.3, -0.25) is 0 Å². The van der Waals surface area contributed by atoms with Crippen LogP contribution in [0, 0.1) is 5.92 Å². The van der Waals surface area contributed by atoms with Crippen LogP contribution in [0.2, 0.25) is 25.1 Å². The number of nitrogens with zero attached hydrogens (tertiary/aromatic N) is 16. The average Bonchev–Trinajstić information content (AvgIpc) is 1.72. The fourth-order valence-electron chi connectivity index (χ4n) is 12.0. The van der Waals surface area contributed by atoms with Crippen molar-refractivity contribution in [3.8, 4) is 56.3 Å². The molecule has 0 aliphatic carbocycles. The minimum atomic E-state index is -0.860. The Balaban J connectivity index is 0.000000135. The molecule has 1 aliphatic rings. The number of carbonyl (C=O) groups is 1. The first-order valence-corrected chi connectivity index (χ1v) is 42.2. The molecule has 0 saturated carbocycles. The number of carbonyl (C=O) groups excluding carboxylic acids is 1. The van der Waals surface area contributed by atoms with Crippen molar-refractivity contribution in [1.82, 2.24) is 77.9 Å². The maximum absolute atomic E-state index is 11.3. The Labute approximate surface area is 737 Å². The minimum absolute atomic E-state index is 0.0215. The first-order chi connectivity index (χ1) is 56.3. The Morgan fingerprint density at radius 1 is 0.419 bits per heavy atom. The average molecular weight is 2010 g/mol. The van der Waals surface area contributed by atoms with Crippen molar-refractivity contribution in [3.05, 3.63) is 230 Å². The molecule has 608 valence electrons. The lowest BCUT2D eigenvalue weighted by Crippen LogP contribution is -2.42. The maximum Gasteiger partial charge on any atom is 0.314 e. The predicted molar refractivity (Wildman–Crippen MR) is 480 cm³/mol. The molecule has 16 rings (SSSR count). The summed E-state index contributed by atoms with van der Waals surface area (Å²) in [7, 11) is 0. The highest BCUT2D eigenvalue weighted by molar-refractivity contribution is 9.11. The molecule has 2 amide bonds. The third-order valence-electron chi connectivity index (χ3n) is 17.9. The lowest BCUT2D eigenvalue weighted by atomic mass is 9.97. The quantitative estimate of drug-likeness (QED) is 0.0318. The number of nitrogens with one attached hydrogen (secondary N) is 5. The molecule has 11 heterocycles. The van der Waals surface area contributed by atoms with Crippen LogP contribution in [-0.4, -0.2) is 186 Å². The number of hydrogen-bond donors (Lipinski definition) is 11. The first kappa shape index (κ1) is 87.4. The molecular weight excluding hydrogens is 1930 g/mol. The van der Waals surface area contributed by atoms with Gasteiger partial charge in [-0.15, -0.1) is 0 Å². The summed E-state index contributed by atoms with van der Waals surface area (Å²) in [5, 5.41) is 87.6. The smallest absolute Gasteiger partial charge is 0.314 e. The zero-order valence-electron chi connectivity index (χ0n) is 62.4. The van der Waals surface area contributed by atoms with Crippen molar-refractivity contribution in [1.29, 1.82) is 0 Å². The molecule has 0 unspecified atom stereocenters. The summed E-state index contributed by atoms with van der Waals surface area (Å²) in [4.78, 5) is 36.2. The van der Waals surface area contributed by atoms with Crippen LogP contribution in [0.4, 0.5) is 33.9 Å². The van der Waals surface area contributed by atoms with Crippen molar-refractivity contribution in [2.45, 2.75) is 58.0 Å². The number of nitrogens with two attached hydrogens (primary N) is 1. The van der Waals surface area contributed by atoms with E-state index in [1.165, 1.54) is 0 Å². The fourth-order valence-corrected chi connectivity index (χ4v) is 14.9. The molecule has 117 heavy (non-hydrogen) atoms. The van der Waals surface area contributed by atoms with Crippen LogP contribution < -0.4 is 32.3 Å². The van der Waals surface area contributed by atoms with E-state index in [1.54, 1.807) is 84.4 Å². The molecule has 0 spiro atoms. The number of primary amides is 1. The van der Waals surface area contributed by atoms with Gasteiger partial charge in [0.2, 0.25) is 0 Å². The summed E-state index contributed by atoms with van der Waals surface area (Å²) >= 11 is 48.7. The summed E-state index contributed by atoms with van der Waals surface area (Å²) < 4.78 is 12.4. The number of benzene rings is 5. The van der Waals surface area contributed by atoms with Crippen LogP contribution in [0.5, 0.6) is 0 Å². The summed E-state index contributed by atoms with van der Waals surface area (Å²) in [5.41, 5.74) is 16.7. The van der Waals surface area contributed by atoms with E-state index < -0.39 is 18.3 Å². The number of fused-ring (bicyclic) bond motifs is 5. The minimum Gasteiger partial charge on any atom is -0.394 e. The number of likely N-dealkylation sites (tertiary alicyclic amines) is 1. The second-order valence-corrected chi connectivity index (χ2v) is 33.0. The number of halogens is 10. The van der Waals surface area contributed by atoms with E-state index in [9.17, 15) is 25.2 Å². The van der Waals surface area contributed by atoms with E-state index in [-0.39, 0.29) is 31.8 Å². The lowest BCUT2D eigenvalue weighted by Gasteiger charge is -2.31. The Bertz CT molecular complexity index is 5830. The highest BCUT2D eigenvalue weighted by Gasteiger charge is 2.24. The Morgan fingerprint density at radius 2 is 0.684 bits per heavy atom. The second kappa shape index (κ2) is 40.7. The summed E-state index contributed by atoms with van der Waals surface area (Å²) in [5.74, 6) is 4.18. The molecule has 0 bridgehead atoms. The molecule has 15 aromatic rings. The molecule has 1 fully saturated rings. The van der Waals surface area contributed by atoms with Crippen molar-refractivity contribution in [2.75, 3.05) is 79.1 Å². The maximum atomic E-state index is 11.3. The van der Waals surface area contributed by atoms with Crippen molar-refractivity contribution in [2.24, 2.45) is 11.7 Å². The molecule has 10 aromatic heterocycles. The van der Waals surface area contributed by atoms with Crippen molar-refractivity contribution < 1.29 is 30.3 Å². The number of hydrogen-bond acceptors (Lipinski definition) is 21. The third-order valence-corrected chi connectivity index (χ3v) is 22.4. The second-order valence-electron chi connectivity index (χ2n) is 26.7.